The summed E-state index contributed by atoms with van der Waals surface area (Å²) in [5.41, 5.74) is 0. The summed E-state index contributed by atoms with van der Waals surface area (Å²) in [7, 11) is -0.788. The van der Waals surface area contributed by atoms with Crippen LogP contribution in [-0.2, 0) is 4.43 Å². The number of benzene rings is 1. The molecule has 2 rings (SSSR count). The van der Waals surface area contributed by atoms with E-state index < -0.39 is 9.04 Å². The van der Waals surface area contributed by atoms with Crippen LogP contribution >= 0.6 is 11.6 Å². The normalized spacial score (nSPS) is 18.8. The van der Waals surface area contributed by atoms with Crippen LogP contribution in [0.25, 0.3) is 0 Å². The van der Waals surface area contributed by atoms with Gasteiger partial charge in [0.25, 0.3) is 0 Å². The molecular weight excluding hydrogens is 200 g/mol. The molecule has 0 aromatic heterocycles. The molecule has 1 aromatic carbocycles. The van der Waals surface area contributed by atoms with E-state index in [0.717, 1.165) is 11.6 Å². The van der Waals surface area contributed by atoms with Gasteiger partial charge in [-0.05, 0) is 23.7 Å². The van der Waals surface area contributed by atoms with Crippen LogP contribution in [0.4, 0.5) is 0 Å². The van der Waals surface area contributed by atoms with Gasteiger partial charge in [-0.15, -0.1) is 0 Å². The Bertz CT molecular complexity index is 284. The van der Waals surface area contributed by atoms with Gasteiger partial charge in [0, 0.05) is 11.6 Å². The van der Waals surface area contributed by atoms with Crippen LogP contribution in [0.2, 0.25) is 11.1 Å². The van der Waals surface area contributed by atoms with Crippen molar-refractivity contribution in [1.29, 1.82) is 0 Å². The van der Waals surface area contributed by atoms with Crippen molar-refractivity contribution in [2.75, 3.05) is 6.61 Å². The molecule has 0 bridgehead atoms. The topological polar surface area (TPSA) is 9.23 Å². The maximum atomic E-state index is 6.10. The third-order valence-electron chi connectivity index (χ3n) is 2.25. The van der Waals surface area contributed by atoms with E-state index in [0.29, 0.717) is 0 Å². The summed E-state index contributed by atoms with van der Waals surface area (Å²) >= 11 is 6.10. The molecule has 1 aliphatic rings. The van der Waals surface area contributed by atoms with E-state index in [1.807, 2.05) is 18.2 Å². The minimum absolute atomic E-state index is 0.788. The van der Waals surface area contributed by atoms with Gasteiger partial charge in [0.05, 0.1) is 0 Å². The fourth-order valence-corrected chi connectivity index (χ4v) is 4.17. The number of rotatable bonds is 1. The Hall–Kier alpha value is -0.313. The lowest BCUT2D eigenvalue weighted by molar-refractivity contribution is 0.294. The number of halogens is 1. The standard InChI is InChI=1S/C10H12ClOSi/c11-9-5-1-2-6-10(9)13-8-4-3-7-12-13/h1-2,5-6H,3-4,7-8H2. The van der Waals surface area contributed by atoms with Gasteiger partial charge in [-0.3, -0.25) is 0 Å². The van der Waals surface area contributed by atoms with Crippen molar-refractivity contribution in [2.24, 2.45) is 0 Å². The first-order chi connectivity index (χ1) is 6.38. The van der Waals surface area contributed by atoms with Gasteiger partial charge in [0.1, 0.15) is 0 Å². The monoisotopic (exact) mass is 211 g/mol. The highest BCUT2D eigenvalue weighted by atomic mass is 35.5. The van der Waals surface area contributed by atoms with E-state index in [2.05, 4.69) is 6.07 Å². The van der Waals surface area contributed by atoms with E-state index in [4.69, 9.17) is 16.0 Å². The average molecular weight is 212 g/mol. The molecule has 0 aliphatic carbocycles. The summed E-state index contributed by atoms with van der Waals surface area (Å²) in [5.74, 6) is 0. The molecule has 1 aliphatic heterocycles. The first-order valence-electron chi connectivity index (χ1n) is 4.61. The molecule has 3 heteroatoms. The largest absolute Gasteiger partial charge is 0.412 e. The van der Waals surface area contributed by atoms with Gasteiger partial charge in [0.15, 0.2) is 0 Å². The molecule has 1 aromatic rings. The summed E-state index contributed by atoms with van der Waals surface area (Å²) in [6, 6.07) is 9.26. The van der Waals surface area contributed by atoms with Gasteiger partial charge in [-0.2, -0.15) is 0 Å². The Morgan fingerprint density at radius 3 is 2.77 bits per heavy atom. The molecule has 0 saturated carbocycles. The molecule has 0 N–H and O–H groups in total. The molecule has 69 valence electrons. The summed E-state index contributed by atoms with van der Waals surface area (Å²) in [4.78, 5) is 0. The third kappa shape index (κ3) is 2.13. The second-order valence-electron chi connectivity index (χ2n) is 3.21. The second kappa shape index (κ2) is 4.27. The Morgan fingerprint density at radius 1 is 1.23 bits per heavy atom. The van der Waals surface area contributed by atoms with Crippen molar-refractivity contribution >= 4 is 25.8 Å². The molecule has 1 saturated heterocycles. The molecule has 0 unspecified atom stereocenters. The smallest absolute Gasteiger partial charge is 0.248 e. The van der Waals surface area contributed by atoms with Crippen LogP contribution in [0.1, 0.15) is 12.8 Å². The van der Waals surface area contributed by atoms with Crippen molar-refractivity contribution in [3.05, 3.63) is 29.3 Å². The van der Waals surface area contributed by atoms with Crippen LogP contribution in [-0.4, -0.2) is 15.6 Å². The fourth-order valence-electron chi connectivity index (χ4n) is 1.55. The molecule has 1 fully saturated rings. The predicted molar refractivity (Wildman–Crippen MR) is 56.8 cm³/mol. The molecule has 0 amide bonds. The molecule has 1 heterocycles. The van der Waals surface area contributed by atoms with Crippen LogP contribution in [0.15, 0.2) is 24.3 Å². The van der Waals surface area contributed by atoms with Crippen molar-refractivity contribution in [3.8, 4) is 0 Å². The van der Waals surface area contributed by atoms with Gasteiger partial charge in [-0.1, -0.05) is 36.2 Å². The average Bonchev–Trinajstić information content (AvgIpc) is 2.20. The van der Waals surface area contributed by atoms with Crippen LogP contribution in [0.3, 0.4) is 0 Å². The molecule has 13 heavy (non-hydrogen) atoms. The Labute approximate surface area is 85.4 Å². The zero-order valence-corrected chi connectivity index (χ0v) is 9.18. The van der Waals surface area contributed by atoms with E-state index in [-0.39, 0.29) is 0 Å². The summed E-state index contributed by atoms with van der Waals surface area (Å²) in [5, 5.41) is 2.12. The highest BCUT2D eigenvalue weighted by molar-refractivity contribution is 6.70. The lowest BCUT2D eigenvalue weighted by Crippen LogP contribution is -2.36. The van der Waals surface area contributed by atoms with Crippen LogP contribution < -0.4 is 5.19 Å². The highest BCUT2D eigenvalue weighted by Crippen LogP contribution is 2.14. The number of hydrogen-bond acceptors (Lipinski definition) is 1. The lowest BCUT2D eigenvalue weighted by Gasteiger charge is -2.21. The maximum absolute atomic E-state index is 6.10. The Morgan fingerprint density at radius 2 is 2.08 bits per heavy atom. The van der Waals surface area contributed by atoms with Gasteiger partial charge >= 0.3 is 0 Å². The molecule has 0 atom stereocenters. The van der Waals surface area contributed by atoms with Gasteiger partial charge < -0.3 is 4.43 Å². The molecule has 1 nitrogen and oxygen atoms in total. The zero-order valence-electron chi connectivity index (χ0n) is 7.42. The number of hydrogen-bond donors (Lipinski definition) is 0. The van der Waals surface area contributed by atoms with Gasteiger partial charge in [0.2, 0.25) is 9.04 Å². The van der Waals surface area contributed by atoms with Crippen molar-refractivity contribution in [1.82, 2.24) is 0 Å². The van der Waals surface area contributed by atoms with Crippen molar-refractivity contribution in [3.63, 3.8) is 0 Å². The zero-order chi connectivity index (χ0) is 9.10. The molecule has 1 radical (unpaired) electrons. The quantitative estimate of drug-likeness (QED) is 0.648. The molecular formula is C10H12ClOSi. The van der Waals surface area contributed by atoms with Gasteiger partial charge in [-0.25, -0.2) is 0 Å². The van der Waals surface area contributed by atoms with Crippen molar-refractivity contribution < 1.29 is 4.43 Å². The van der Waals surface area contributed by atoms with E-state index in [1.165, 1.54) is 24.1 Å². The summed E-state index contributed by atoms with van der Waals surface area (Å²) in [6.07, 6.45) is 2.50. The summed E-state index contributed by atoms with van der Waals surface area (Å²) < 4.78 is 5.76. The van der Waals surface area contributed by atoms with Crippen LogP contribution in [0.5, 0.6) is 0 Å². The molecule has 0 spiro atoms. The van der Waals surface area contributed by atoms with E-state index >= 15 is 0 Å². The first-order valence-corrected chi connectivity index (χ1v) is 6.61. The lowest BCUT2D eigenvalue weighted by atomic mass is 10.3. The third-order valence-corrected chi connectivity index (χ3v) is 5.13. The van der Waals surface area contributed by atoms with Crippen molar-refractivity contribution in [2.45, 2.75) is 18.9 Å². The SMILES string of the molecule is Clc1ccccc1[Si]1CCCCO1. The second-order valence-corrected chi connectivity index (χ2v) is 5.79. The first kappa shape index (κ1) is 9.25. The van der Waals surface area contributed by atoms with E-state index in [9.17, 15) is 0 Å². The fraction of sp³-hybridized carbons (Fsp3) is 0.400. The van der Waals surface area contributed by atoms with Crippen LogP contribution in [0, 0.1) is 0 Å². The van der Waals surface area contributed by atoms with E-state index in [1.54, 1.807) is 0 Å². The summed E-state index contributed by atoms with van der Waals surface area (Å²) in [6.45, 7) is 0.916. The predicted octanol–water partition coefficient (Wildman–Crippen LogP) is 2.35. The maximum Gasteiger partial charge on any atom is 0.248 e. The minimum atomic E-state index is -0.788. The Kier molecular flexibility index (Phi) is 3.04. The Balaban J connectivity index is 2.18. The highest BCUT2D eigenvalue weighted by Gasteiger charge is 2.21. The minimum Gasteiger partial charge on any atom is -0.412 e.